The van der Waals surface area contributed by atoms with Crippen LogP contribution in [0.5, 0.6) is 0 Å². The topological polar surface area (TPSA) is 12.4 Å². The van der Waals surface area contributed by atoms with Gasteiger partial charge < -0.3 is 0 Å². The van der Waals surface area contributed by atoms with Crippen molar-refractivity contribution < 1.29 is 0 Å². The van der Waals surface area contributed by atoms with Crippen LogP contribution in [0.15, 0.2) is 95.2 Å². The highest BCUT2D eigenvalue weighted by atomic mass is 31.1. The van der Waals surface area contributed by atoms with Crippen LogP contribution in [0.2, 0.25) is 0 Å². The number of benzene rings is 3. The number of hydrogen-bond acceptors (Lipinski definition) is 1. The molecule has 0 radical (unpaired) electrons. The number of rotatable bonds is 5. The predicted molar refractivity (Wildman–Crippen MR) is 131 cm³/mol. The highest BCUT2D eigenvalue weighted by Gasteiger charge is 2.27. The predicted octanol–water partition coefficient (Wildman–Crippen LogP) is 7.07. The summed E-state index contributed by atoms with van der Waals surface area (Å²) in [6, 6.07) is 28.1. The zero-order valence-corrected chi connectivity index (χ0v) is 18.9. The maximum absolute atomic E-state index is 4.84. The molecule has 0 aromatic heterocycles. The van der Waals surface area contributed by atoms with Crippen molar-refractivity contribution in [2.24, 2.45) is 10.4 Å². The Morgan fingerprint density at radius 3 is 1.66 bits per heavy atom. The van der Waals surface area contributed by atoms with Gasteiger partial charge in [0.05, 0.1) is 5.69 Å². The highest BCUT2D eigenvalue weighted by molar-refractivity contribution is 7.76. The van der Waals surface area contributed by atoms with E-state index in [1.165, 1.54) is 27.1 Å². The van der Waals surface area contributed by atoms with Gasteiger partial charge in [0.1, 0.15) is 0 Å². The maximum atomic E-state index is 4.84. The summed E-state index contributed by atoms with van der Waals surface area (Å²) in [4.78, 5) is 4.84. The molecular formula is C27H30NP. The van der Waals surface area contributed by atoms with Crippen LogP contribution in [0.1, 0.15) is 31.9 Å². The van der Waals surface area contributed by atoms with Crippen molar-refractivity contribution in [2.45, 2.75) is 34.6 Å². The molecule has 3 aromatic carbocycles. The molecule has 0 bridgehead atoms. The van der Waals surface area contributed by atoms with Gasteiger partial charge in [-0.25, -0.2) is 0 Å². The van der Waals surface area contributed by atoms with Crippen LogP contribution in [0, 0.1) is 19.3 Å². The van der Waals surface area contributed by atoms with Crippen molar-refractivity contribution in [1.29, 1.82) is 0 Å². The average molecular weight is 400 g/mol. The van der Waals surface area contributed by atoms with Gasteiger partial charge in [-0.3, -0.25) is 4.99 Å². The van der Waals surface area contributed by atoms with Crippen LogP contribution >= 0.6 is 7.92 Å². The molecule has 3 aromatic rings. The van der Waals surface area contributed by atoms with Crippen LogP contribution in [0.4, 0.5) is 5.69 Å². The molecule has 0 unspecified atom stereocenters. The van der Waals surface area contributed by atoms with Crippen LogP contribution in [0.25, 0.3) is 0 Å². The SMILES string of the molecule is Cc1cccc(C)c1N=C/C=C(\P(c1ccccc1)c1ccccc1)C(C)(C)C. The summed E-state index contributed by atoms with van der Waals surface area (Å²) in [6.45, 7) is 11.1. The van der Waals surface area contributed by atoms with E-state index in [0.29, 0.717) is 0 Å². The molecular weight excluding hydrogens is 369 g/mol. The molecule has 0 heterocycles. The van der Waals surface area contributed by atoms with E-state index in [1.54, 1.807) is 0 Å². The second-order valence-corrected chi connectivity index (χ2v) is 10.5. The lowest BCUT2D eigenvalue weighted by molar-refractivity contribution is 0.532. The Balaban J connectivity index is 2.10. The number of hydrogen-bond donors (Lipinski definition) is 0. The molecule has 0 saturated carbocycles. The van der Waals surface area contributed by atoms with E-state index < -0.39 is 7.92 Å². The Morgan fingerprint density at radius 1 is 0.724 bits per heavy atom. The number of para-hydroxylation sites is 1. The maximum Gasteiger partial charge on any atom is 0.0687 e. The van der Waals surface area contributed by atoms with Crippen molar-refractivity contribution in [3.63, 3.8) is 0 Å². The zero-order chi connectivity index (χ0) is 20.9. The molecule has 0 aliphatic heterocycles. The molecule has 0 fully saturated rings. The van der Waals surface area contributed by atoms with Crippen LogP contribution in [0.3, 0.4) is 0 Å². The fraction of sp³-hybridized carbons (Fsp3) is 0.222. The lowest BCUT2D eigenvalue weighted by Gasteiger charge is -2.31. The molecule has 29 heavy (non-hydrogen) atoms. The Labute approximate surface area is 177 Å². The molecule has 0 atom stereocenters. The van der Waals surface area contributed by atoms with E-state index in [2.05, 4.69) is 120 Å². The average Bonchev–Trinajstić information content (AvgIpc) is 2.70. The normalized spacial score (nSPS) is 12.7. The molecule has 148 valence electrons. The van der Waals surface area contributed by atoms with E-state index in [1.807, 2.05) is 6.21 Å². The molecule has 0 aliphatic carbocycles. The summed E-state index contributed by atoms with van der Waals surface area (Å²) < 4.78 is 0. The lowest BCUT2D eigenvalue weighted by Crippen LogP contribution is -2.20. The summed E-state index contributed by atoms with van der Waals surface area (Å²) in [5.41, 5.74) is 3.52. The van der Waals surface area contributed by atoms with Gasteiger partial charge in [-0.2, -0.15) is 0 Å². The quantitative estimate of drug-likeness (QED) is 0.321. The highest BCUT2D eigenvalue weighted by Crippen LogP contribution is 2.51. The van der Waals surface area contributed by atoms with E-state index in [4.69, 9.17) is 4.99 Å². The molecule has 1 nitrogen and oxygen atoms in total. The second kappa shape index (κ2) is 9.33. The molecule has 0 aliphatic rings. The molecule has 0 saturated heterocycles. The van der Waals surface area contributed by atoms with E-state index in [9.17, 15) is 0 Å². The third kappa shape index (κ3) is 5.31. The summed E-state index contributed by atoms with van der Waals surface area (Å²) in [5.74, 6) is 0. The van der Waals surface area contributed by atoms with Gasteiger partial charge in [-0.15, -0.1) is 0 Å². The number of aryl methyl sites for hydroxylation is 2. The largest absolute Gasteiger partial charge is 0.256 e. The van der Waals surface area contributed by atoms with Gasteiger partial charge >= 0.3 is 0 Å². The Morgan fingerprint density at radius 2 is 1.21 bits per heavy atom. The minimum Gasteiger partial charge on any atom is -0.256 e. The van der Waals surface area contributed by atoms with E-state index in [0.717, 1.165) is 5.69 Å². The Kier molecular flexibility index (Phi) is 6.83. The zero-order valence-electron chi connectivity index (χ0n) is 18.1. The monoisotopic (exact) mass is 399 g/mol. The van der Waals surface area contributed by atoms with Crippen LogP contribution in [-0.4, -0.2) is 6.21 Å². The van der Waals surface area contributed by atoms with Gasteiger partial charge in [0.2, 0.25) is 0 Å². The number of nitrogens with zero attached hydrogens (tertiary/aromatic N) is 1. The van der Waals surface area contributed by atoms with Gasteiger partial charge in [0.15, 0.2) is 0 Å². The lowest BCUT2D eigenvalue weighted by atomic mass is 9.96. The minimum atomic E-state index is -0.628. The van der Waals surface area contributed by atoms with Gasteiger partial charge in [-0.05, 0) is 60.3 Å². The first-order chi connectivity index (χ1) is 13.9. The fourth-order valence-corrected chi connectivity index (χ4v) is 6.11. The summed E-state index contributed by atoms with van der Waals surface area (Å²) in [6.07, 6.45) is 4.24. The van der Waals surface area contributed by atoms with Crippen molar-refractivity contribution >= 4 is 30.4 Å². The third-order valence-corrected chi connectivity index (χ3v) is 7.84. The minimum absolute atomic E-state index is 0.0319. The molecule has 0 amide bonds. The summed E-state index contributed by atoms with van der Waals surface area (Å²) in [5, 5.41) is 4.16. The molecule has 0 spiro atoms. The van der Waals surface area contributed by atoms with Gasteiger partial charge in [0.25, 0.3) is 0 Å². The van der Waals surface area contributed by atoms with Crippen molar-refractivity contribution in [3.05, 3.63) is 101 Å². The fourth-order valence-electron chi connectivity index (χ4n) is 3.43. The summed E-state index contributed by atoms with van der Waals surface area (Å²) in [7, 11) is -0.628. The standard InChI is InChI=1S/C27H30NP/c1-21-13-12-14-22(2)26(21)28-20-19-25(27(3,4)5)29(23-15-8-6-9-16-23)24-17-10-7-11-18-24/h6-20H,1-5H3/b25-19-,28-20?. The van der Waals surface area contributed by atoms with Crippen molar-refractivity contribution in [2.75, 3.05) is 0 Å². The van der Waals surface area contributed by atoms with E-state index in [-0.39, 0.29) is 5.41 Å². The second-order valence-electron chi connectivity index (χ2n) is 8.33. The Hall–Kier alpha value is -2.50. The third-order valence-electron chi connectivity index (χ3n) is 4.91. The number of aliphatic imine (C=N–C) groups is 1. The first-order valence-electron chi connectivity index (χ1n) is 10.1. The first kappa shape index (κ1) is 21.2. The van der Waals surface area contributed by atoms with Crippen molar-refractivity contribution in [3.8, 4) is 0 Å². The smallest absolute Gasteiger partial charge is 0.0687 e. The summed E-state index contributed by atoms with van der Waals surface area (Å²) >= 11 is 0. The molecule has 0 N–H and O–H groups in total. The van der Waals surface area contributed by atoms with Crippen LogP contribution in [-0.2, 0) is 0 Å². The van der Waals surface area contributed by atoms with Gasteiger partial charge in [-0.1, -0.05) is 99.6 Å². The molecule has 3 rings (SSSR count). The van der Waals surface area contributed by atoms with Crippen LogP contribution < -0.4 is 10.6 Å². The Bertz CT molecular complexity index is 936. The first-order valence-corrected chi connectivity index (χ1v) is 11.4. The van der Waals surface area contributed by atoms with Gasteiger partial charge in [0, 0.05) is 6.21 Å². The van der Waals surface area contributed by atoms with E-state index >= 15 is 0 Å². The van der Waals surface area contributed by atoms with Crippen molar-refractivity contribution in [1.82, 2.24) is 0 Å². The number of allylic oxidation sites excluding steroid dienone is 2. The molecule has 2 heteroatoms.